The average molecular weight is 308 g/mol. The molecule has 0 aromatic carbocycles. The number of pyridine rings is 2. The standard InChI is InChI=1S/C17H16N4O2/c22-17-8-16(19-15-5-1-2-7-21(15)17)20-10-13(11-20)12-23-14-4-3-6-18-9-14/h1-9,13H,10-12H2. The summed E-state index contributed by atoms with van der Waals surface area (Å²) >= 11 is 0. The minimum atomic E-state index is -0.0549. The Morgan fingerprint density at radius 2 is 2.13 bits per heavy atom. The summed E-state index contributed by atoms with van der Waals surface area (Å²) in [5, 5.41) is 0. The van der Waals surface area contributed by atoms with Gasteiger partial charge in [-0.15, -0.1) is 0 Å². The van der Waals surface area contributed by atoms with Crippen LogP contribution in [0.5, 0.6) is 5.75 Å². The number of aromatic nitrogens is 3. The van der Waals surface area contributed by atoms with Gasteiger partial charge in [-0.25, -0.2) is 4.98 Å². The van der Waals surface area contributed by atoms with Crippen molar-refractivity contribution < 1.29 is 4.74 Å². The predicted octanol–water partition coefficient (Wildman–Crippen LogP) is 1.60. The molecule has 0 aliphatic carbocycles. The molecule has 23 heavy (non-hydrogen) atoms. The molecule has 6 nitrogen and oxygen atoms in total. The molecule has 0 amide bonds. The molecule has 1 aliphatic heterocycles. The second-order valence-corrected chi connectivity index (χ2v) is 5.65. The lowest BCUT2D eigenvalue weighted by Crippen LogP contribution is -2.50. The van der Waals surface area contributed by atoms with Gasteiger partial charge in [-0.2, -0.15) is 0 Å². The van der Waals surface area contributed by atoms with Gasteiger partial charge in [-0.05, 0) is 24.3 Å². The van der Waals surface area contributed by atoms with Crippen molar-refractivity contribution in [2.45, 2.75) is 0 Å². The van der Waals surface area contributed by atoms with Gasteiger partial charge in [-0.1, -0.05) is 6.07 Å². The summed E-state index contributed by atoms with van der Waals surface area (Å²) in [7, 11) is 0. The molecule has 1 fully saturated rings. The Balaban J connectivity index is 1.41. The van der Waals surface area contributed by atoms with Crippen LogP contribution in [0.2, 0.25) is 0 Å². The van der Waals surface area contributed by atoms with Crippen LogP contribution in [0.15, 0.2) is 59.8 Å². The maximum Gasteiger partial charge on any atom is 0.259 e. The van der Waals surface area contributed by atoms with E-state index in [9.17, 15) is 4.79 Å². The summed E-state index contributed by atoms with van der Waals surface area (Å²) in [4.78, 5) is 22.8. The second-order valence-electron chi connectivity index (χ2n) is 5.65. The summed E-state index contributed by atoms with van der Waals surface area (Å²) in [5.41, 5.74) is 0.616. The highest BCUT2D eigenvalue weighted by molar-refractivity contribution is 5.49. The normalized spacial score (nSPS) is 14.7. The topological polar surface area (TPSA) is 59.7 Å². The highest BCUT2D eigenvalue weighted by Crippen LogP contribution is 2.23. The molecule has 4 heterocycles. The molecule has 1 aliphatic rings. The van der Waals surface area contributed by atoms with Crippen molar-refractivity contribution in [2.24, 2.45) is 5.92 Å². The van der Waals surface area contributed by atoms with Crippen LogP contribution in [-0.4, -0.2) is 34.1 Å². The Morgan fingerprint density at radius 3 is 2.96 bits per heavy atom. The minimum absolute atomic E-state index is 0.0549. The highest BCUT2D eigenvalue weighted by atomic mass is 16.5. The average Bonchev–Trinajstić information content (AvgIpc) is 2.54. The minimum Gasteiger partial charge on any atom is -0.492 e. The number of anilines is 1. The van der Waals surface area contributed by atoms with Gasteiger partial charge in [0.1, 0.15) is 17.2 Å². The SMILES string of the molecule is O=c1cc(N2CC(COc3cccnc3)C2)nc2ccccn12. The molecular weight excluding hydrogens is 292 g/mol. The molecule has 0 bridgehead atoms. The van der Waals surface area contributed by atoms with Crippen molar-refractivity contribution in [2.75, 3.05) is 24.6 Å². The van der Waals surface area contributed by atoms with E-state index < -0.39 is 0 Å². The zero-order valence-corrected chi connectivity index (χ0v) is 12.5. The van der Waals surface area contributed by atoms with Crippen molar-refractivity contribution in [1.82, 2.24) is 14.4 Å². The van der Waals surface area contributed by atoms with E-state index >= 15 is 0 Å². The van der Waals surface area contributed by atoms with Gasteiger partial charge >= 0.3 is 0 Å². The molecule has 3 aromatic rings. The maximum atomic E-state index is 12.1. The van der Waals surface area contributed by atoms with E-state index in [1.807, 2.05) is 30.3 Å². The van der Waals surface area contributed by atoms with E-state index in [0.29, 0.717) is 18.2 Å². The molecule has 0 saturated carbocycles. The number of fused-ring (bicyclic) bond motifs is 1. The van der Waals surface area contributed by atoms with Crippen molar-refractivity contribution in [1.29, 1.82) is 0 Å². The Labute approximate surface area is 133 Å². The van der Waals surface area contributed by atoms with Crippen LogP contribution in [0.25, 0.3) is 5.65 Å². The third kappa shape index (κ3) is 2.75. The first kappa shape index (κ1) is 13.8. The molecule has 4 rings (SSSR count). The van der Waals surface area contributed by atoms with Crippen molar-refractivity contribution >= 4 is 11.5 Å². The van der Waals surface area contributed by atoms with Crippen LogP contribution in [0, 0.1) is 5.92 Å². The fourth-order valence-corrected chi connectivity index (χ4v) is 2.71. The highest BCUT2D eigenvalue weighted by Gasteiger charge is 2.28. The molecule has 0 atom stereocenters. The zero-order valence-electron chi connectivity index (χ0n) is 12.5. The van der Waals surface area contributed by atoms with Gasteiger partial charge in [0.05, 0.1) is 12.8 Å². The second kappa shape index (κ2) is 5.72. The molecule has 116 valence electrons. The van der Waals surface area contributed by atoms with Gasteiger partial charge in [0.2, 0.25) is 0 Å². The summed E-state index contributed by atoms with van der Waals surface area (Å²) in [6.07, 6.45) is 5.17. The maximum absolute atomic E-state index is 12.1. The van der Waals surface area contributed by atoms with E-state index in [-0.39, 0.29) is 5.56 Å². The summed E-state index contributed by atoms with van der Waals surface area (Å²) in [5.74, 6) is 1.96. The first-order chi connectivity index (χ1) is 11.3. The molecule has 0 unspecified atom stereocenters. The third-order valence-corrected chi connectivity index (χ3v) is 3.96. The largest absolute Gasteiger partial charge is 0.492 e. The molecule has 0 spiro atoms. The number of rotatable bonds is 4. The molecule has 0 N–H and O–H groups in total. The summed E-state index contributed by atoms with van der Waals surface area (Å²) in [6.45, 7) is 2.33. The molecule has 6 heteroatoms. The molecule has 3 aromatic heterocycles. The molecule has 0 radical (unpaired) electrons. The fraction of sp³-hybridized carbons (Fsp3) is 0.235. The number of ether oxygens (including phenoxy) is 1. The lowest BCUT2D eigenvalue weighted by molar-refractivity contribution is 0.219. The summed E-state index contributed by atoms with van der Waals surface area (Å²) < 4.78 is 7.26. The Bertz CT molecular complexity index is 872. The number of hydrogen-bond donors (Lipinski definition) is 0. The van der Waals surface area contributed by atoms with Crippen LogP contribution in [0.1, 0.15) is 0 Å². The Hall–Kier alpha value is -2.89. The smallest absolute Gasteiger partial charge is 0.259 e. The van der Waals surface area contributed by atoms with E-state index in [1.54, 1.807) is 29.1 Å². The third-order valence-electron chi connectivity index (χ3n) is 3.96. The van der Waals surface area contributed by atoms with Gasteiger partial charge in [0, 0.05) is 37.5 Å². The fourth-order valence-electron chi connectivity index (χ4n) is 2.71. The van der Waals surface area contributed by atoms with Crippen molar-refractivity contribution in [3.63, 3.8) is 0 Å². The van der Waals surface area contributed by atoms with Gasteiger partial charge in [0.25, 0.3) is 5.56 Å². The van der Waals surface area contributed by atoms with E-state index in [0.717, 1.165) is 24.7 Å². The van der Waals surface area contributed by atoms with Gasteiger partial charge in [-0.3, -0.25) is 14.2 Å². The van der Waals surface area contributed by atoms with Crippen LogP contribution in [0.3, 0.4) is 0 Å². The van der Waals surface area contributed by atoms with Gasteiger partial charge < -0.3 is 9.64 Å². The molecular formula is C17H16N4O2. The Kier molecular flexibility index (Phi) is 3.42. The first-order valence-corrected chi connectivity index (χ1v) is 7.56. The quantitative estimate of drug-likeness (QED) is 0.733. The van der Waals surface area contributed by atoms with Crippen LogP contribution < -0.4 is 15.2 Å². The number of nitrogens with zero attached hydrogens (tertiary/aromatic N) is 4. The van der Waals surface area contributed by atoms with Gasteiger partial charge in [0.15, 0.2) is 0 Å². The number of hydrogen-bond acceptors (Lipinski definition) is 5. The van der Waals surface area contributed by atoms with Crippen LogP contribution in [-0.2, 0) is 0 Å². The predicted molar refractivity (Wildman–Crippen MR) is 86.9 cm³/mol. The van der Waals surface area contributed by atoms with E-state index in [4.69, 9.17) is 4.74 Å². The first-order valence-electron chi connectivity index (χ1n) is 7.56. The van der Waals surface area contributed by atoms with Crippen molar-refractivity contribution in [3.8, 4) is 5.75 Å². The zero-order chi connectivity index (χ0) is 15.6. The monoisotopic (exact) mass is 308 g/mol. The summed E-state index contributed by atoms with van der Waals surface area (Å²) in [6, 6.07) is 10.9. The van der Waals surface area contributed by atoms with E-state index in [1.165, 1.54) is 0 Å². The van der Waals surface area contributed by atoms with Crippen LogP contribution >= 0.6 is 0 Å². The van der Waals surface area contributed by atoms with Crippen LogP contribution in [0.4, 0.5) is 5.82 Å². The lowest BCUT2D eigenvalue weighted by atomic mass is 10.0. The lowest BCUT2D eigenvalue weighted by Gasteiger charge is -2.39. The van der Waals surface area contributed by atoms with Crippen molar-refractivity contribution in [3.05, 3.63) is 65.3 Å². The van der Waals surface area contributed by atoms with E-state index in [2.05, 4.69) is 14.9 Å². The Morgan fingerprint density at radius 1 is 1.22 bits per heavy atom. The molecule has 1 saturated heterocycles.